The molecule has 1 amide bonds. The van der Waals surface area contributed by atoms with Crippen LogP contribution in [0.1, 0.15) is 29.0 Å². The normalized spacial score (nSPS) is 15.8. The first kappa shape index (κ1) is 34.8. The van der Waals surface area contributed by atoms with Crippen LogP contribution in [0.3, 0.4) is 0 Å². The Balaban J connectivity index is 1.31. The van der Waals surface area contributed by atoms with E-state index in [1.165, 1.54) is 46.9 Å². The van der Waals surface area contributed by atoms with Crippen LogP contribution in [0.5, 0.6) is 0 Å². The Morgan fingerprint density at radius 2 is 1.50 bits per heavy atom. The summed E-state index contributed by atoms with van der Waals surface area (Å²) in [6.07, 6.45) is 2.73. The molecule has 50 heavy (non-hydrogen) atoms. The highest BCUT2D eigenvalue weighted by Gasteiger charge is 2.35. The fraction of sp³-hybridized carbons (Fsp3) is 0.211. The molecule has 0 bridgehead atoms. The number of piperazine rings is 1. The summed E-state index contributed by atoms with van der Waals surface area (Å²) in [6, 6.07) is 27.0. The quantitative estimate of drug-likeness (QED) is 0.140. The van der Waals surface area contributed by atoms with Gasteiger partial charge >= 0.3 is 0 Å². The van der Waals surface area contributed by atoms with Gasteiger partial charge in [-0.25, -0.2) is 21.6 Å². The number of anilines is 2. The number of carbonyl (C=O) groups is 1. The van der Waals surface area contributed by atoms with Crippen molar-refractivity contribution < 1.29 is 26.4 Å². The van der Waals surface area contributed by atoms with Gasteiger partial charge in [0.25, 0.3) is 0 Å². The second kappa shape index (κ2) is 15.7. The number of pyridine rings is 1. The van der Waals surface area contributed by atoms with Crippen molar-refractivity contribution in [2.24, 2.45) is 0 Å². The molecule has 6 rings (SSSR count). The second-order valence-electron chi connectivity index (χ2n) is 12.0. The van der Waals surface area contributed by atoms with E-state index in [1.807, 2.05) is 6.07 Å². The molecule has 0 spiro atoms. The van der Waals surface area contributed by atoms with E-state index < -0.39 is 51.4 Å². The fourth-order valence-corrected chi connectivity index (χ4v) is 8.05. The van der Waals surface area contributed by atoms with Crippen LogP contribution in [-0.2, 0) is 21.2 Å². The number of carbonyl (C=O) groups excluding carboxylic acids is 1. The van der Waals surface area contributed by atoms with Gasteiger partial charge in [0.2, 0.25) is 15.9 Å². The summed E-state index contributed by atoms with van der Waals surface area (Å²) >= 11 is 0. The highest BCUT2D eigenvalue weighted by Crippen LogP contribution is 2.33. The fourth-order valence-electron chi connectivity index (χ4n) is 6.37. The van der Waals surface area contributed by atoms with Gasteiger partial charge in [-0.1, -0.05) is 60.7 Å². The van der Waals surface area contributed by atoms with E-state index in [2.05, 4.69) is 20.9 Å². The van der Waals surface area contributed by atoms with Crippen molar-refractivity contribution in [2.45, 2.75) is 35.7 Å². The lowest BCUT2D eigenvalue weighted by Gasteiger charge is -2.35. The molecule has 1 aliphatic rings. The molecule has 1 aliphatic heterocycles. The highest BCUT2D eigenvalue weighted by atomic mass is 32.2. The average Bonchev–Trinajstić information content (AvgIpc) is 3.12. The Kier molecular flexibility index (Phi) is 10.9. The minimum absolute atomic E-state index is 0.0884. The molecule has 1 unspecified atom stereocenters. The first-order chi connectivity index (χ1) is 24.2. The zero-order valence-corrected chi connectivity index (χ0v) is 27.8. The molecule has 4 aromatic carbocycles. The van der Waals surface area contributed by atoms with Crippen LogP contribution in [0.4, 0.5) is 24.5 Å². The lowest BCUT2D eigenvalue weighted by atomic mass is 9.84. The van der Waals surface area contributed by atoms with Gasteiger partial charge in [0.1, 0.15) is 23.5 Å². The second-order valence-corrected chi connectivity index (χ2v) is 13.9. The summed E-state index contributed by atoms with van der Waals surface area (Å²) in [5, 5.41) is 9.31. The molecule has 2 atom stereocenters. The van der Waals surface area contributed by atoms with E-state index in [9.17, 15) is 22.0 Å². The van der Waals surface area contributed by atoms with Crippen molar-refractivity contribution >= 4 is 27.3 Å². The van der Waals surface area contributed by atoms with Crippen molar-refractivity contribution in [1.29, 1.82) is 0 Å². The monoisotopic (exact) mass is 699 g/mol. The Hall–Kier alpha value is -5.04. The molecule has 2 heterocycles. The molecule has 5 aromatic rings. The molecule has 1 aromatic heterocycles. The standard InChI is InChI=1S/C38H36F3N5O3S/c39-28-11-7-9-26(21-28)36(27-10-8-12-29(40)22-27)37(44-30-13-3-1-4-14-30)38(47)45-35-25-43-24-34(41)33(35)18-17-31-23-42-19-20-46(31)50(48,49)32-15-5-2-6-16-32/h1-16,21-22,24-25,31,36-37,42,44H,17-20,23H2,(H,45,47)/t31-,37?/m0/s1. The Bertz CT molecular complexity index is 1990. The number of nitrogens with one attached hydrogen (secondary N) is 3. The molecule has 0 radical (unpaired) electrons. The minimum atomic E-state index is -3.81. The number of nitrogens with zero attached hydrogens (tertiary/aromatic N) is 2. The Morgan fingerprint density at radius 1 is 0.860 bits per heavy atom. The van der Waals surface area contributed by atoms with Gasteiger partial charge in [-0.2, -0.15) is 4.31 Å². The number of halogens is 3. The molecular weight excluding hydrogens is 664 g/mol. The van der Waals surface area contributed by atoms with Crippen LogP contribution in [0.25, 0.3) is 0 Å². The lowest BCUT2D eigenvalue weighted by Crippen LogP contribution is -2.53. The predicted octanol–water partition coefficient (Wildman–Crippen LogP) is 6.35. The Morgan fingerprint density at radius 3 is 2.14 bits per heavy atom. The third kappa shape index (κ3) is 8.05. The number of hydrogen-bond donors (Lipinski definition) is 3. The van der Waals surface area contributed by atoms with E-state index >= 15 is 4.39 Å². The average molecular weight is 700 g/mol. The molecule has 3 N–H and O–H groups in total. The Labute approximate surface area is 289 Å². The van der Waals surface area contributed by atoms with Gasteiger partial charge in [0.05, 0.1) is 23.0 Å². The molecule has 8 nitrogen and oxygen atoms in total. The van der Waals surface area contributed by atoms with Crippen molar-refractivity contribution in [3.05, 3.63) is 156 Å². The topological polar surface area (TPSA) is 103 Å². The largest absolute Gasteiger partial charge is 0.373 e. The number of sulfonamides is 1. The van der Waals surface area contributed by atoms with Crippen LogP contribution in [0.2, 0.25) is 0 Å². The molecular formula is C38H36F3N5O3S. The van der Waals surface area contributed by atoms with Crippen LogP contribution < -0.4 is 16.0 Å². The molecule has 0 aliphatic carbocycles. The summed E-state index contributed by atoms with van der Waals surface area (Å²) in [7, 11) is -3.81. The summed E-state index contributed by atoms with van der Waals surface area (Å²) in [5.41, 5.74) is 1.67. The highest BCUT2D eigenvalue weighted by molar-refractivity contribution is 7.89. The molecule has 0 saturated carbocycles. The van der Waals surface area contributed by atoms with Crippen LogP contribution >= 0.6 is 0 Å². The van der Waals surface area contributed by atoms with E-state index in [0.29, 0.717) is 29.9 Å². The summed E-state index contributed by atoms with van der Waals surface area (Å²) < 4.78 is 73.3. The van der Waals surface area contributed by atoms with Gasteiger partial charge in [-0.05, 0) is 72.5 Å². The number of amides is 1. The SMILES string of the molecule is O=C(Nc1cncc(F)c1CC[C@H]1CNCCN1S(=O)(=O)c1ccccc1)C(Nc1ccccc1)C(c1cccc(F)c1)c1cccc(F)c1. The van der Waals surface area contributed by atoms with E-state index in [4.69, 9.17) is 0 Å². The maximum atomic E-state index is 15.5. The number of hydrogen-bond acceptors (Lipinski definition) is 6. The molecule has 1 saturated heterocycles. The summed E-state index contributed by atoms with van der Waals surface area (Å²) in [5.74, 6) is -3.20. The predicted molar refractivity (Wildman–Crippen MR) is 187 cm³/mol. The first-order valence-electron chi connectivity index (χ1n) is 16.2. The van der Waals surface area contributed by atoms with Gasteiger partial charge in [0, 0.05) is 42.8 Å². The minimum Gasteiger partial charge on any atom is -0.373 e. The zero-order valence-electron chi connectivity index (χ0n) is 27.0. The molecule has 1 fully saturated rings. The van der Waals surface area contributed by atoms with Crippen LogP contribution in [-0.4, -0.2) is 55.3 Å². The smallest absolute Gasteiger partial charge is 0.247 e. The van der Waals surface area contributed by atoms with Gasteiger partial charge in [-0.3, -0.25) is 9.78 Å². The maximum absolute atomic E-state index is 15.5. The number of aromatic nitrogens is 1. The van der Waals surface area contributed by atoms with Crippen molar-refractivity contribution in [2.75, 3.05) is 30.3 Å². The van der Waals surface area contributed by atoms with Crippen LogP contribution in [0.15, 0.2) is 126 Å². The summed E-state index contributed by atoms with van der Waals surface area (Å²) in [6.45, 7) is 1.09. The number of para-hydroxylation sites is 1. The van der Waals surface area contributed by atoms with Crippen molar-refractivity contribution in [1.82, 2.24) is 14.6 Å². The van der Waals surface area contributed by atoms with Gasteiger partial charge in [0.15, 0.2) is 0 Å². The summed E-state index contributed by atoms with van der Waals surface area (Å²) in [4.78, 5) is 18.5. The third-order valence-electron chi connectivity index (χ3n) is 8.76. The van der Waals surface area contributed by atoms with Crippen LogP contribution in [0, 0.1) is 17.5 Å². The number of benzene rings is 4. The molecule has 258 valence electrons. The van der Waals surface area contributed by atoms with E-state index in [0.717, 1.165) is 6.20 Å². The van der Waals surface area contributed by atoms with Crippen molar-refractivity contribution in [3.8, 4) is 0 Å². The van der Waals surface area contributed by atoms with E-state index in [-0.39, 0.29) is 35.5 Å². The third-order valence-corrected chi connectivity index (χ3v) is 10.7. The zero-order chi connectivity index (χ0) is 35.1. The van der Waals surface area contributed by atoms with Gasteiger partial charge in [-0.15, -0.1) is 0 Å². The van der Waals surface area contributed by atoms with Gasteiger partial charge < -0.3 is 16.0 Å². The van der Waals surface area contributed by atoms with E-state index in [1.54, 1.807) is 66.7 Å². The van der Waals surface area contributed by atoms with Crippen molar-refractivity contribution in [3.63, 3.8) is 0 Å². The maximum Gasteiger partial charge on any atom is 0.247 e. The first-order valence-corrected chi connectivity index (χ1v) is 17.7. The molecule has 12 heteroatoms. The lowest BCUT2D eigenvalue weighted by molar-refractivity contribution is -0.117. The number of rotatable bonds is 12.